The monoisotopic (exact) mass is 232 g/mol. The van der Waals surface area contributed by atoms with E-state index in [1.165, 1.54) is 0 Å². The van der Waals surface area contributed by atoms with E-state index in [1.807, 2.05) is 24.3 Å². The van der Waals surface area contributed by atoms with Crippen LogP contribution in [0.25, 0.3) is 0 Å². The van der Waals surface area contributed by atoms with E-state index in [0.717, 1.165) is 5.69 Å². The number of rotatable bonds is 5. The Morgan fingerprint density at radius 1 is 1.41 bits per heavy atom. The molecule has 4 nitrogen and oxygen atoms in total. The van der Waals surface area contributed by atoms with Crippen molar-refractivity contribution < 1.29 is 9.53 Å². The van der Waals surface area contributed by atoms with Gasteiger partial charge in [-0.15, -0.1) is 0 Å². The summed E-state index contributed by atoms with van der Waals surface area (Å²) in [4.78, 5) is 11.8. The van der Waals surface area contributed by atoms with Crippen LogP contribution in [0, 0.1) is 11.3 Å². The second-order valence-corrected chi connectivity index (χ2v) is 3.58. The molecule has 4 heteroatoms. The summed E-state index contributed by atoms with van der Waals surface area (Å²) in [7, 11) is 0. The molecule has 1 rings (SSSR count). The second kappa shape index (κ2) is 5.90. The van der Waals surface area contributed by atoms with Crippen LogP contribution < -0.4 is 5.32 Å². The normalized spacial score (nSPS) is 13.2. The fraction of sp³-hybridized carbons (Fsp3) is 0.385. The van der Waals surface area contributed by atoms with Crippen molar-refractivity contribution in [2.75, 3.05) is 11.9 Å². The van der Waals surface area contributed by atoms with Crippen molar-refractivity contribution in [1.82, 2.24) is 0 Å². The van der Waals surface area contributed by atoms with E-state index in [0.29, 0.717) is 6.42 Å². The third kappa shape index (κ3) is 2.97. The summed E-state index contributed by atoms with van der Waals surface area (Å²) in [6.07, 6.45) is 0.344. The molecule has 0 saturated carbocycles. The Kier molecular flexibility index (Phi) is 4.53. The molecule has 0 radical (unpaired) electrons. The van der Waals surface area contributed by atoms with Gasteiger partial charge in [0.1, 0.15) is 6.07 Å². The zero-order chi connectivity index (χ0) is 12.7. The van der Waals surface area contributed by atoms with E-state index < -0.39 is 11.5 Å². The highest BCUT2D eigenvalue weighted by Crippen LogP contribution is 2.19. The molecule has 1 atom stereocenters. The summed E-state index contributed by atoms with van der Waals surface area (Å²) in [5.74, 6) is -0.533. The van der Waals surface area contributed by atoms with Crippen molar-refractivity contribution >= 4 is 11.7 Å². The second-order valence-electron chi connectivity index (χ2n) is 3.58. The summed E-state index contributed by atoms with van der Waals surface area (Å²) in [5.41, 5.74) is -0.582. The molecule has 1 aromatic rings. The smallest absolute Gasteiger partial charge is 0.346 e. The number of para-hydroxylation sites is 1. The predicted molar refractivity (Wildman–Crippen MR) is 65.3 cm³/mol. The maximum Gasteiger partial charge on any atom is 0.346 e. The topological polar surface area (TPSA) is 62.1 Å². The highest BCUT2D eigenvalue weighted by molar-refractivity contribution is 5.88. The maximum atomic E-state index is 11.8. The number of hydrogen-bond acceptors (Lipinski definition) is 4. The molecule has 0 aliphatic carbocycles. The fourth-order valence-corrected chi connectivity index (χ4v) is 1.46. The molecular formula is C13H16N2O2. The van der Waals surface area contributed by atoms with Gasteiger partial charge < -0.3 is 10.1 Å². The van der Waals surface area contributed by atoms with E-state index in [4.69, 9.17) is 4.74 Å². The van der Waals surface area contributed by atoms with Crippen molar-refractivity contribution in [3.05, 3.63) is 30.3 Å². The Bertz CT molecular complexity index is 411. The Balaban J connectivity index is 2.94. The van der Waals surface area contributed by atoms with E-state index in [-0.39, 0.29) is 6.61 Å². The van der Waals surface area contributed by atoms with Gasteiger partial charge in [0.25, 0.3) is 0 Å². The lowest BCUT2D eigenvalue weighted by atomic mass is 9.97. The van der Waals surface area contributed by atoms with Crippen LogP contribution in [-0.4, -0.2) is 18.1 Å². The van der Waals surface area contributed by atoms with E-state index in [9.17, 15) is 10.1 Å². The molecule has 0 bridgehead atoms. The van der Waals surface area contributed by atoms with Gasteiger partial charge in [-0.3, -0.25) is 0 Å². The molecule has 0 heterocycles. The molecule has 0 aliphatic rings. The fourth-order valence-electron chi connectivity index (χ4n) is 1.46. The molecule has 90 valence electrons. The third-order valence-corrected chi connectivity index (χ3v) is 2.48. The molecular weight excluding hydrogens is 216 g/mol. The number of anilines is 1. The first-order chi connectivity index (χ1) is 8.18. The van der Waals surface area contributed by atoms with E-state index >= 15 is 0 Å². The van der Waals surface area contributed by atoms with Gasteiger partial charge in [-0.1, -0.05) is 25.1 Å². The molecule has 0 fully saturated rings. The van der Waals surface area contributed by atoms with E-state index in [2.05, 4.69) is 5.32 Å². The largest absolute Gasteiger partial charge is 0.463 e. The molecule has 0 saturated heterocycles. The van der Waals surface area contributed by atoms with Crippen molar-refractivity contribution in [2.24, 2.45) is 0 Å². The average molecular weight is 232 g/mol. The number of carbonyl (C=O) groups excluding carboxylic acids is 1. The van der Waals surface area contributed by atoms with Gasteiger partial charge in [-0.2, -0.15) is 5.26 Å². The van der Waals surface area contributed by atoms with Crippen LogP contribution in [0.2, 0.25) is 0 Å². The van der Waals surface area contributed by atoms with Crippen LogP contribution in [0.1, 0.15) is 20.3 Å². The molecule has 1 unspecified atom stereocenters. The minimum atomic E-state index is -1.31. The van der Waals surface area contributed by atoms with Crippen LogP contribution in [-0.2, 0) is 9.53 Å². The number of benzene rings is 1. The Morgan fingerprint density at radius 2 is 2.06 bits per heavy atom. The lowest BCUT2D eigenvalue weighted by molar-refractivity contribution is -0.146. The number of nitriles is 1. The molecule has 0 spiro atoms. The first-order valence-corrected chi connectivity index (χ1v) is 5.60. The number of carbonyl (C=O) groups is 1. The van der Waals surface area contributed by atoms with Gasteiger partial charge in [0.15, 0.2) is 0 Å². The van der Waals surface area contributed by atoms with Crippen LogP contribution in [0.5, 0.6) is 0 Å². The quantitative estimate of drug-likeness (QED) is 0.791. The maximum absolute atomic E-state index is 11.8. The summed E-state index contributed by atoms with van der Waals surface area (Å²) in [5, 5.41) is 12.2. The molecule has 1 aromatic carbocycles. The zero-order valence-electron chi connectivity index (χ0n) is 10.1. The van der Waals surface area contributed by atoms with Gasteiger partial charge in [-0.05, 0) is 25.5 Å². The van der Waals surface area contributed by atoms with Crippen LogP contribution in [0.4, 0.5) is 5.69 Å². The number of nitrogens with one attached hydrogen (secondary N) is 1. The van der Waals surface area contributed by atoms with Crippen LogP contribution >= 0.6 is 0 Å². The molecule has 0 aliphatic heterocycles. The Labute approximate surface area is 101 Å². The summed E-state index contributed by atoms with van der Waals surface area (Å²) >= 11 is 0. The molecule has 0 aromatic heterocycles. The van der Waals surface area contributed by atoms with E-state index in [1.54, 1.807) is 26.0 Å². The van der Waals surface area contributed by atoms with Crippen LogP contribution in [0.3, 0.4) is 0 Å². The van der Waals surface area contributed by atoms with Crippen molar-refractivity contribution in [1.29, 1.82) is 5.26 Å². The van der Waals surface area contributed by atoms with Crippen molar-refractivity contribution in [3.63, 3.8) is 0 Å². The standard InChI is InChI=1S/C13H16N2O2/c1-3-13(10-14,12(16)17-4-2)15-11-8-6-5-7-9-11/h5-9,15H,3-4H2,1-2H3. The molecule has 1 N–H and O–H groups in total. The Hall–Kier alpha value is -2.02. The molecule has 0 amide bonds. The zero-order valence-corrected chi connectivity index (χ0v) is 10.1. The predicted octanol–water partition coefficient (Wildman–Crippen LogP) is 2.33. The van der Waals surface area contributed by atoms with Crippen molar-refractivity contribution in [2.45, 2.75) is 25.8 Å². The minimum Gasteiger partial charge on any atom is -0.463 e. The first-order valence-electron chi connectivity index (χ1n) is 5.60. The summed E-state index contributed by atoms with van der Waals surface area (Å²) in [6.45, 7) is 3.76. The number of hydrogen-bond donors (Lipinski definition) is 1. The van der Waals surface area contributed by atoms with Gasteiger partial charge in [0.05, 0.1) is 6.61 Å². The third-order valence-electron chi connectivity index (χ3n) is 2.48. The van der Waals surface area contributed by atoms with Gasteiger partial charge in [0.2, 0.25) is 5.54 Å². The first kappa shape index (κ1) is 13.0. The number of nitrogens with zero attached hydrogens (tertiary/aromatic N) is 1. The van der Waals surface area contributed by atoms with Gasteiger partial charge in [0, 0.05) is 5.69 Å². The highest BCUT2D eigenvalue weighted by Gasteiger charge is 2.38. The molecule has 17 heavy (non-hydrogen) atoms. The summed E-state index contributed by atoms with van der Waals surface area (Å²) < 4.78 is 4.94. The SMILES string of the molecule is CCOC(=O)C(C#N)(CC)Nc1ccccc1. The van der Waals surface area contributed by atoms with Crippen LogP contribution in [0.15, 0.2) is 30.3 Å². The van der Waals surface area contributed by atoms with Gasteiger partial charge in [-0.25, -0.2) is 4.79 Å². The highest BCUT2D eigenvalue weighted by atomic mass is 16.5. The lowest BCUT2D eigenvalue weighted by Gasteiger charge is -2.25. The van der Waals surface area contributed by atoms with Gasteiger partial charge >= 0.3 is 5.97 Å². The average Bonchev–Trinajstić information content (AvgIpc) is 2.37. The summed E-state index contributed by atoms with van der Waals surface area (Å²) in [6, 6.07) is 11.2. The minimum absolute atomic E-state index is 0.263. The lowest BCUT2D eigenvalue weighted by Crippen LogP contribution is -2.45. The van der Waals surface area contributed by atoms with Crippen molar-refractivity contribution in [3.8, 4) is 6.07 Å². The number of esters is 1. The Morgan fingerprint density at radius 3 is 2.53 bits per heavy atom. The number of ether oxygens (including phenoxy) is 1.